The molecule has 0 saturated carbocycles. The van der Waals surface area contributed by atoms with Gasteiger partial charge in [0.2, 0.25) is 0 Å². The summed E-state index contributed by atoms with van der Waals surface area (Å²) in [6.07, 6.45) is 2.40. The molecule has 0 bridgehead atoms. The number of nitrogens with zero attached hydrogens (tertiary/aromatic N) is 1. The van der Waals surface area contributed by atoms with Crippen LogP contribution in [0.25, 0.3) is 0 Å². The molecule has 14 heavy (non-hydrogen) atoms. The Labute approximate surface area is 87.3 Å². The van der Waals surface area contributed by atoms with Crippen LogP contribution in [0.5, 0.6) is 0 Å². The monoisotopic (exact) mass is 200 g/mol. The smallest absolute Gasteiger partial charge is 0.0768 e. The zero-order valence-electron chi connectivity index (χ0n) is 9.66. The van der Waals surface area contributed by atoms with Crippen molar-refractivity contribution in [3.63, 3.8) is 0 Å². The summed E-state index contributed by atoms with van der Waals surface area (Å²) < 4.78 is 0. The molecule has 84 valence electrons. The third-order valence-electron chi connectivity index (χ3n) is 3.54. The van der Waals surface area contributed by atoms with E-state index in [1.54, 1.807) is 0 Å². The van der Waals surface area contributed by atoms with E-state index in [4.69, 9.17) is 5.73 Å². The Kier molecular flexibility index (Phi) is 3.93. The first kappa shape index (κ1) is 12.0. The molecule has 3 heteroatoms. The van der Waals surface area contributed by atoms with Crippen LogP contribution in [0, 0.1) is 5.92 Å². The summed E-state index contributed by atoms with van der Waals surface area (Å²) in [6, 6.07) is 0.486. The predicted molar refractivity (Wildman–Crippen MR) is 59.1 cm³/mol. The van der Waals surface area contributed by atoms with Crippen LogP contribution in [0.15, 0.2) is 0 Å². The third-order valence-corrected chi connectivity index (χ3v) is 3.54. The van der Waals surface area contributed by atoms with Gasteiger partial charge in [-0.2, -0.15) is 0 Å². The Hall–Kier alpha value is -0.120. The molecule has 1 saturated heterocycles. The second-order valence-electron chi connectivity index (χ2n) is 5.01. The van der Waals surface area contributed by atoms with E-state index in [2.05, 4.69) is 18.7 Å². The zero-order valence-corrected chi connectivity index (χ0v) is 9.66. The normalized spacial score (nSPS) is 28.3. The average molecular weight is 200 g/mol. The average Bonchev–Trinajstić information content (AvgIpc) is 2.50. The molecular formula is C11H24N2O. The molecule has 0 aliphatic carbocycles. The third kappa shape index (κ3) is 2.69. The van der Waals surface area contributed by atoms with E-state index in [0.717, 1.165) is 13.1 Å². The molecule has 0 aromatic heterocycles. The maximum Gasteiger partial charge on any atom is 0.0768 e. The van der Waals surface area contributed by atoms with Gasteiger partial charge >= 0.3 is 0 Å². The number of hydrogen-bond donors (Lipinski definition) is 2. The number of β-amino-alcohol motifs (C(OH)–C–C–N with tert-alkyl or cyclic N) is 1. The van der Waals surface area contributed by atoms with Crippen molar-refractivity contribution in [1.29, 1.82) is 0 Å². The molecule has 2 atom stereocenters. The molecule has 0 amide bonds. The van der Waals surface area contributed by atoms with Crippen molar-refractivity contribution in [2.75, 3.05) is 19.6 Å². The van der Waals surface area contributed by atoms with Crippen LogP contribution in [0.4, 0.5) is 0 Å². The van der Waals surface area contributed by atoms with Crippen LogP contribution < -0.4 is 5.73 Å². The van der Waals surface area contributed by atoms with E-state index >= 15 is 0 Å². The van der Waals surface area contributed by atoms with Gasteiger partial charge in [-0.05, 0) is 32.2 Å². The van der Waals surface area contributed by atoms with Crippen molar-refractivity contribution >= 4 is 0 Å². The lowest BCUT2D eigenvalue weighted by Gasteiger charge is -2.35. The fraction of sp³-hybridized carbons (Fsp3) is 1.00. The first-order chi connectivity index (χ1) is 6.47. The van der Waals surface area contributed by atoms with E-state index in [1.807, 2.05) is 6.92 Å². The molecule has 1 aliphatic heterocycles. The SMILES string of the molecule is CC(C)C(C)(O)CN1CCCC1CN. The summed E-state index contributed by atoms with van der Waals surface area (Å²) in [7, 11) is 0. The van der Waals surface area contributed by atoms with Crippen LogP contribution >= 0.6 is 0 Å². The van der Waals surface area contributed by atoms with Gasteiger partial charge in [-0.3, -0.25) is 4.90 Å². The van der Waals surface area contributed by atoms with E-state index in [-0.39, 0.29) is 0 Å². The molecule has 0 spiro atoms. The first-order valence-corrected chi connectivity index (χ1v) is 5.64. The molecule has 1 aliphatic rings. The highest BCUT2D eigenvalue weighted by Crippen LogP contribution is 2.23. The predicted octanol–water partition coefficient (Wildman–Crippen LogP) is 0.817. The van der Waals surface area contributed by atoms with Crippen LogP contribution in [0.1, 0.15) is 33.6 Å². The maximum absolute atomic E-state index is 10.2. The van der Waals surface area contributed by atoms with Gasteiger partial charge in [-0.25, -0.2) is 0 Å². The van der Waals surface area contributed by atoms with Crippen LogP contribution in [-0.4, -0.2) is 41.3 Å². The highest BCUT2D eigenvalue weighted by molar-refractivity contribution is 4.87. The number of rotatable bonds is 4. The highest BCUT2D eigenvalue weighted by atomic mass is 16.3. The number of likely N-dealkylation sites (tertiary alicyclic amines) is 1. The number of aliphatic hydroxyl groups is 1. The molecule has 3 N–H and O–H groups in total. The standard InChI is InChI=1S/C11H24N2O/c1-9(2)11(3,14)8-13-6-4-5-10(13)7-12/h9-10,14H,4-8,12H2,1-3H3. The van der Waals surface area contributed by atoms with E-state index in [1.165, 1.54) is 12.8 Å². The minimum absolute atomic E-state index is 0.293. The second kappa shape index (κ2) is 4.60. The molecule has 1 rings (SSSR count). The van der Waals surface area contributed by atoms with Gasteiger partial charge < -0.3 is 10.8 Å². The van der Waals surface area contributed by atoms with Gasteiger partial charge in [-0.1, -0.05) is 13.8 Å². The lowest BCUT2D eigenvalue weighted by atomic mass is 9.92. The molecule has 0 aromatic carbocycles. The minimum Gasteiger partial charge on any atom is -0.389 e. The minimum atomic E-state index is -0.586. The Balaban J connectivity index is 2.50. The molecule has 0 radical (unpaired) electrons. The second-order valence-corrected chi connectivity index (χ2v) is 5.01. The Morgan fingerprint density at radius 2 is 2.21 bits per heavy atom. The Bertz CT molecular complexity index is 180. The van der Waals surface area contributed by atoms with Crippen LogP contribution in [0.3, 0.4) is 0 Å². The summed E-state index contributed by atoms with van der Waals surface area (Å²) in [6.45, 7) is 8.61. The maximum atomic E-state index is 10.2. The van der Waals surface area contributed by atoms with E-state index in [9.17, 15) is 5.11 Å². The Morgan fingerprint density at radius 3 is 2.71 bits per heavy atom. The summed E-state index contributed by atoms with van der Waals surface area (Å²) in [4.78, 5) is 2.33. The van der Waals surface area contributed by atoms with Gasteiger partial charge in [0.1, 0.15) is 0 Å². The number of hydrogen-bond acceptors (Lipinski definition) is 3. The van der Waals surface area contributed by atoms with Gasteiger partial charge in [0.05, 0.1) is 5.60 Å². The van der Waals surface area contributed by atoms with Crippen molar-refractivity contribution < 1.29 is 5.11 Å². The van der Waals surface area contributed by atoms with Gasteiger partial charge in [-0.15, -0.1) is 0 Å². The van der Waals surface area contributed by atoms with Crippen LogP contribution in [-0.2, 0) is 0 Å². The van der Waals surface area contributed by atoms with Crippen molar-refractivity contribution in [1.82, 2.24) is 4.90 Å². The fourth-order valence-electron chi connectivity index (χ4n) is 1.96. The quantitative estimate of drug-likeness (QED) is 0.706. The lowest BCUT2D eigenvalue weighted by Crippen LogP contribution is -2.48. The molecule has 2 unspecified atom stereocenters. The summed E-state index contributed by atoms with van der Waals surface area (Å²) in [5.74, 6) is 0.293. The van der Waals surface area contributed by atoms with E-state index in [0.29, 0.717) is 18.5 Å². The van der Waals surface area contributed by atoms with E-state index < -0.39 is 5.60 Å². The lowest BCUT2D eigenvalue weighted by molar-refractivity contribution is -0.0210. The highest BCUT2D eigenvalue weighted by Gasteiger charge is 2.32. The topological polar surface area (TPSA) is 49.5 Å². The van der Waals surface area contributed by atoms with Gasteiger partial charge in [0, 0.05) is 19.1 Å². The van der Waals surface area contributed by atoms with Crippen molar-refractivity contribution in [2.45, 2.75) is 45.3 Å². The van der Waals surface area contributed by atoms with Crippen molar-refractivity contribution in [3.05, 3.63) is 0 Å². The molecule has 3 nitrogen and oxygen atoms in total. The van der Waals surface area contributed by atoms with Crippen LogP contribution in [0.2, 0.25) is 0 Å². The fourth-order valence-corrected chi connectivity index (χ4v) is 1.96. The molecule has 0 aromatic rings. The summed E-state index contributed by atoms with van der Waals surface area (Å²) >= 11 is 0. The molecular weight excluding hydrogens is 176 g/mol. The van der Waals surface area contributed by atoms with Crippen molar-refractivity contribution in [3.8, 4) is 0 Å². The Morgan fingerprint density at radius 1 is 1.57 bits per heavy atom. The molecule has 1 heterocycles. The van der Waals surface area contributed by atoms with Gasteiger partial charge in [0.15, 0.2) is 0 Å². The van der Waals surface area contributed by atoms with Gasteiger partial charge in [0.25, 0.3) is 0 Å². The number of nitrogens with two attached hydrogens (primary N) is 1. The largest absolute Gasteiger partial charge is 0.389 e. The summed E-state index contributed by atoms with van der Waals surface area (Å²) in [5.41, 5.74) is 5.11. The molecule has 1 fully saturated rings. The first-order valence-electron chi connectivity index (χ1n) is 5.64. The summed E-state index contributed by atoms with van der Waals surface area (Å²) in [5, 5.41) is 10.2. The van der Waals surface area contributed by atoms with Crippen molar-refractivity contribution in [2.24, 2.45) is 11.7 Å². The zero-order chi connectivity index (χ0) is 10.8.